The molecule has 0 aliphatic carbocycles. The molecule has 0 amide bonds. The lowest BCUT2D eigenvalue weighted by atomic mass is 10.2. The standard InChI is InChI=1S/C8H12F3IO5S/c9-6(8(10,11)18(14,15)16)5-17-7(13)3-1-2-4-12/h6H,1-5H2,(H,14,15,16). The van der Waals surface area contributed by atoms with Gasteiger partial charge in [-0.25, -0.2) is 4.39 Å². The maximum Gasteiger partial charge on any atom is 0.403 e. The number of hydrogen-bond donors (Lipinski definition) is 1. The van der Waals surface area contributed by atoms with Crippen LogP contribution in [0.1, 0.15) is 19.3 Å². The summed E-state index contributed by atoms with van der Waals surface area (Å²) in [6.45, 7) is -1.42. The van der Waals surface area contributed by atoms with Crippen molar-refractivity contribution in [1.82, 2.24) is 0 Å². The summed E-state index contributed by atoms with van der Waals surface area (Å²) in [6.07, 6.45) is -2.18. The number of carbonyl (C=O) groups is 1. The van der Waals surface area contributed by atoms with Crippen LogP contribution in [0, 0.1) is 0 Å². The highest BCUT2D eigenvalue weighted by molar-refractivity contribution is 14.1. The van der Waals surface area contributed by atoms with Gasteiger partial charge >= 0.3 is 21.3 Å². The summed E-state index contributed by atoms with van der Waals surface area (Å²) in [7, 11) is -5.87. The molecule has 5 nitrogen and oxygen atoms in total. The van der Waals surface area contributed by atoms with Gasteiger partial charge in [0.15, 0.2) is 0 Å². The molecule has 0 spiro atoms. The zero-order valence-corrected chi connectivity index (χ0v) is 12.1. The van der Waals surface area contributed by atoms with E-state index in [0.717, 1.165) is 10.8 Å². The van der Waals surface area contributed by atoms with E-state index in [1.54, 1.807) is 0 Å². The Morgan fingerprint density at radius 1 is 1.39 bits per heavy atom. The second-order valence-electron chi connectivity index (χ2n) is 3.33. The molecular weight excluding hydrogens is 392 g/mol. The van der Waals surface area contributed by atoms with E-state index >= 15 is 0 Å². The van der Waals surface area contributed by atoms with Gasteiger partial charge in [0.2, 0.25) is 6.17 Å². The molecule has 1 atom stereocenters. The lowest BCUT2D eigenvalue weighted by molar-refractivity contribution is -0.148. The molecule has 0 saturated heterocycles. The smallest absolute Gasteiger partial charge is 0.403 e. The minimum absolute atomic E-state index is 0.0623. The Bertz CT molecular complexity index is 373. The van der Waals surface area contributed by atoms with Crippen LogP contribution >= 0.6 is 22.6 Å². The molecule has 0 aromatic heterocycles. The second kappa shape index (κ2) is 7.48. The third-order valence-electron chi connectivity index (χ3n) is 1.86. The molecule has 0 heterocycles. The lowest BCUT2D eigenvalue weighted by Gasteiger charge is -2.17. The van der Waals surface area contributed by atoms with E-state index in [-0.39, 0.29) is 6.42 Å². The number of carbonyl (C=O) groups excluding carboxylic acids is 1. The molecule has 0 aromatic carbocycles. The number of alkyl halides is 4. The largest absolute Gasteiger partial charge is 0.462 e. The van der Waals surface area contributed by atoms with Crippen molar-refractivity contribution in [3.05, 3.63) is 0 Å². The Morgan fingerprint density at radius 3 is 2.39 bits per heavy atom. The molecule has 0 aromatic rings. The van der Waals surface area contributed by atoms with Gasteiger partial charge in [-0.2, -0.15) is 17.2 Å². The summed E-state index contributed by atoms with van der Waals surface area (Å²) >= 11 is 2.08. The van der Waals surface area contributed by atoms with Crippen molar-refractivity contribution in [2.24, 2.45) is 0 Å². The molecule has 0 bridgehead atoms. The number of ether oxygens (including phenoxy) is 1. The van der Waals surface area contributed by atoms with Crippen LogP contribution in [-0.4, -0.2) is 41.4 Å². The van der Waals surface area contributed by atoms with Gasteiger partial charge in [0.25, 0.3) is 0 Å². The van der Waals surface area contributed by atoms with Gasteiger partial charge in [-0.05, 0) is 17.3 Å². The van der Waals surface area contributed by atoms with Crippen LogP contribution < -0.4 is 0 Å². The first-order chi connectivity index (χ1) is 8.13. The molecule has 0 aliphatic rings. The number of esters is 1. The summed E-state index contributed by atoms with van der Waals surface area (Å²) < 4.78 is 71.6. The molecule has 18 heavy (non-hydrogen) atoms. The van der Waals surface area contributed by atoms with Crippen molar-refractivity contribution in [3.8, 4) is 0 Å². The highest BCUT2D eigenvalue weighted by Gasteiger charge is 2.53. The van der Waals surface area contributed by atoms with Gasteiger partial charge < -0.3 is 4.74 Å². The van der Waals surface area contributed by atoms with Gasteiger partial charge in [-0.3, -0.25) is 9.35 Å². The zero-order chi connectivity index (χ0) is 14.4. The van der Waals surface area contributed by atoms with Crippen LogP contribution in [0.2, 0.25) is 0 Å². The molecule has 1 N–H and O–H groups in total. The van der Waals surface area contributed by atoms with Gasteiger partial charge in [-0.1, -0.05) is 22.6 Å². The fraction of sp³-hybridized carbons (Fsp3) is 0.875. The fourth-order valence-corrected chi connectivity index (χ4v) is 1.79. The van der Waals surface area contributed by atoms with E-state index in [1.165, 1.54) is 0 Å². The van der Waals surface area contributed by atoms with Crippen LogP contribution in [-0.2, 0) is 19.6 Å². The average molecular weight is 404 g/mol. The third-order valence-corrected chi connectivity index (χ3v) is 3.57. The number of unbranched alkanes of at least 4 members (excludes halogenated alkanes) is 1. The monoisotopic (exact) mass is 404 g/mol. The van der Waals surface area contributed by atoms with E-state index < -0.39 is 34.1 Å². The Hall–Kier alpha value is -0.100. The van der Waals surface area contributed by atoms with Gasteiger partial charge in [0.1, 0.15) is 6.61 Å². The number of rotatable bonds is 8. The van der Waals surface area contributed by atoms with Crippen molar-refractivity contribution in [2.45, 2.75) is 30.7 Å². The summed E-state index contributed by atoms with van der Waals surface area (Å²) in [5, 5.41) is -4.99. The summed E-state index contributed by atoms with van der Waals surface area (Å²) in [5.74, 6) is -0.895. The van der Waals surface area contributed by atoms with Crippen molar-refractivity contribution in [1.29, 1.82) is 0 Å². The second-order valence-corrected chi connectivity index (χ2v) is 5.91. The van der Waals surface area contributed by atoms with Crippen molar-refractivity contribution in [3.63, 3.8) is 0 Å². The first-order valence-corrected chi connectivity index (χ1v) is 7.80. The molecule has 0 aliphatic heterocycles. The van der Waals surface area contributed by atoms with E-state index in [4.69, 9.17) is 4.55 Å². The van der Waals surface area contributed by atoms with Crippen LogP contribution in [0.3, 0.4) is 0 Å². The first-order valence-electron chi connectivity index (χ1n) is 4.83. The van der Waals surface area contributed by atoms with Crippen LogP contribution in [0.5, 0.6) is 0 Å². The van der Waals surface area contributed by atoms with Crippen LogP contribution in [0.25, 0.3) is 0 Å². The summed E-state index contributed by atoms with van der Waals surface area (Å²) in [6, 6.07) is 0. The number of hydrogen-bond acceptors (Lipinski definition) is 4. The van der Waals surface area contributed by atoms with E-state index in [1.807, 2.05) is 0 Å². The van der Waals surface area contributed by atoms with Crippen LogP contribution in [0.4, 0.5) is 13.2 Å². The minimum atomic E-state index is -5.87. The van der Waals surface area contributed by atoms with Crippen molar-refractivity contribution in [2.75, 3.05) is 11.0 Å². The lowest BCUT2D eigenvalue weighted by Crippen LogP contribution is -2.41. The molecule has 1 unspecified atom stereocenters. The highest BCUT2D eigenvalue weighted by atomic mass is 127. The molecule has 108 valence electrons. The molecule has 10 heteroatoms. The van der Waals surface area contributed by atoms with Crippen molar-refractivity contribution >= 4 is 38.7 Å². The van der Waals surface area contributed by atoms with Crippen LogP contribution in [0.15, 0.2) is 0 Å². The Morgan fingerprint density at radius 2 is 1.94 bits per heavy atom. The number of halogens is 4. The van der Waals surface area contributed by atoms with Crippen molar-refractivity contribution < 1.29 is 35.7 Å². The quantitative estimate of drug-likeness (QED) is 0.220. The van der Waals surface area contributed by atoms with Gasteiger partial charge in [0.05, 0.1) is 0 Å². The zero-order valence-electron chi connectivity index (χ0n) is 9.11. The first kappa shape index (κ1) is 17.9. The molecule has 0 fully saturated rings. The average Bonchev–Trinajstić information content (AvgIpc) is 2.24. The molecule has 0 rings (SSSR count). The minimum Gasteiger partial charge on any atom is -0.462 e. The Kier molecular flexibility index (Phi) is 7.44. The normalized spacial score (nSPS) is 14.3. The SMILES string of the molecule is O=C(CCCCI)OCC(F)C(F)(F)S(=O)(=O)O. The van der Waals surface area contributed by atoms with Gasteiger partial charge in [0, 0.05) is 6.42 Å². The third kappa shape index (κ3) is 5.69. The maximum absolute atomic E-state index is 12.9. The van der Waals surface area contributed by atoms with E-state index in [9.17, 15) is 26.4 Å². The molecule has 0 radical (unpaired) electrons. The van der Waals surface area contributed by atoms with E-state index in [2.05, 4.69) is 27.3 Å². The maximum atomic E-state index is 12.9. The molecular formula is C8H12F3IO5S. The predicted molar refractivity (Wildman–Crippen MR) is 65.1 cm³/mol. The summed E-state index contributed by atoms with van der Waals surface area (Å²) in [4.78, 5) is 11.0. The van der Waals surface area contributed by atoms with Gasteiger partial charge in [-0.15, -0.1) is 0 Å². The predicted octanol–water partition coefficient (Wildman–Crippen LogP) is 1.95. The Balaban J connectivity index is 4.19. The fourth-order valence-electron chi connectivity index (χ4n) is 0.861. The highest BCUT2D eigenvalue weighted by Crippen LogP contribution is 2.27. The topological polar surface area (TPSA) is 80.7 Å². The van der Waals surface area contributed by atoms with E-state index in [0.29, 0.717) is 6.42 Å². The Labute approximate surface area is 116 Å². The molecule has 0 saturated carbocycles. The summed E-state index contributed by atoms with van der Waals surface area (Å²) in [5.41, 5.74) is 0.